The van der Waals surface area contributed by atoms with Crippen molar-refractivity contribution in [1.29, 1.82) is 0 Å². The van der Waals surface area contributed by atoms with Crippen LogP contribution in [0.15, 0.2) is 58.2 Å². The van der Waals surface area contributed by atoms with Crippen molar-refractivity contribution in [2.75, 3.05) is 30.9 Å². The molecule has 0 aliphatic carbocycles. The highest BCUT2D eigenvalue weighted by atomic mass is 32.2. The Morgan fingerprint density at radius 3 is 2.81 bits per heavy atom. The maximum absolute atomic E-state index is 12.7. The van der Waals surface area contributed by atoms with Gasteiger partial charge in [-0.1, -0.05) is 42.1 Å². The minimum Gasteiger partial charge on any atom is -0.464 e. The highest BCUT2D eigenvalue weighted by molar-refractivity contribution is 7.99. The van der Waals surface area contributed by atoms with Gasteiger partial charge >= 0.3 is 5.97 Å². The summed E-state index contributed by atoms with van der Waals surface area (Å²) in [6.45, 7) is 2.93. The summed E-state index contributed by atoms with van der Waals surface area (Å²) in [5.74, 6) is 0.447. The van der Waals surface area contributed by atoms with Crippen LogP contribution in [0.2, 0.25) is 0 Å². The molecule has 31 heavy (non-hydrogen) atoms. The van der Waals surface area contributed by atoms with Crippen LogP contribution in [0.5, 0.6) is 0 Å². The molecule has 1 heterocycles. The van der Waals surface area contributed by atoms with E-state index < -0.39 is 12.0 Å². The topological polar surface area (TPSA) is 84.7 Å². The summed E-state index contributed by atoms with van der Waals surface area (Å²) < 4.78 is 11.0. The molecule has 2 aromatic carbocycles. The zero-order chi connectivity index (χ0) is 22.1. The molecule has 0 radical (unpaired) electrons. The van der Waals surface area contributed by atoms with Crippen molar-refractivity contribution in [2.24, 2.45) is 0 Å². The molecule has 1 N–H and O–H groups in total. The third-order valence-corrected chi connectivity index (χ3v) is 5.64. The number of aromatic nitrogens is 1. The smallest absolute Gasteiger partial charge is 0.329 e. The van der Waals surface area contributed by atoms with Crippen LogP contribution in [0, 0.1) is 0 Å². The van der Waals surface area contributed by atoms with Crippen LogP contribution in [0.3, 0.4) is 0 Å². The highest BCUT2D eigenvalue weighted by Crippen LogP contribution is 2.28. The number of fused-ring (bicyclic) bond motifs is 1. The van der Waals surface area contributed by atoms with E-state index in [2.05, 4.69) is 10.3 Å². The first-order chi connectivity index (χ1) is 15.2. The van der Waals surface area contributed by atoms with Gasteiger partial charge in [0.05, 0.1) is 6.61 Å². The van der Waals surface area contributed by atoms with Gasteiger partial charge in [-0.25, -0.2) is 9.78 Å². The van der Waals surface area contributed by atoms with Gasteiger partial charge in [0.15, 0.2) is 5.58 Å². The fourth-order valence-corrected chi connectivity index (χ4v) is 3.99. The minimum atomic E-state index is -0.778. The van der Waals surface area contributed by atoms with E-state index in [1.807, 2.05) is 37.4 Å². The van der Waals surface area contributed by atoms with Gasteiger partial charge in [0.1, 0.15) is 11.6 Å². The Morgan fingerprint density at radius 2 is 2.10 bits per heavy atom. The van der Waals surface area contributed by atoms with Gasteiger partial charge in [-0.3, -0.25) is 4.79 Å². The first-order valence-corrected chi connectivity index (χ1v) is 11.3. The summed E-state index contributed by atoms with van der Waals surface area (Å²) in [6, 6.07) is 14.1. The number of carbonyl (C=O) groups is 2. The summed E-state index contributed by atoms with van der Waals surface area (Å²) >= 11 is 1.55. The number of anilines is 1. The Morgan fingerprint density at radius 1 is 1.29 bits per heavy atom. The van der Waals surface area contributed by atoms with Gasteiger partial charge in [0, 0.05) is 17.9 Å². The second-order valence-corrected chi connectivity index (χ2v) is 7.95. The molecular formula is C23H27N3O4S. The van der Waals surface area contributed by atoms with Crippen LogP contribution in [0.1, 0.15) is 18.9 Å². The van der Waals surface area contributed by atoms with Crippen LogP contribution in [-0.4, -0.2) is 49.4 Å². The number of esters is 1. The van der Waals surface area contributed by atoms with Crippen LogP contribution < -0.4 is 10.2 Å². The fourth-order valence-electron chi connectivity index (χ4n) is 3.21. The zero-order valence-electron chi connectivity index (χ0n) is 17.7. The van der Waals surface area contributed by atoms with Crippen molar-refractivity contribution in [2.45, 2.75) is 31.0 Å². The molecule has 164 valence electrons. The largest absolute Gasteiger partial charge is 0.464 e. The second kappa shape index (κ2) is 11.5. The number of thioether (sulfide) groups is 1. The van der Waals surface area contributed by atoms with Crippen molar-refractivity contribution < 1.29 is 18.7 Å². The molecular weight excluding hydrogens is 414 g/mol. The van der Waals surface area contributed by atoms with E-state index in [-0.39, 0.29) is 6.61 Å². The maximum Gasteiger partial charge on any atom is 0.329 e. The number of amides is 1. The predicted molar refractivity (Wildman–Crippen MR) is 122 cm³/mol. The Balaban J connectivity index is 1.84. The predicted octanol–water partition coefficient (Wildman–Crippen LogP) is 3.67. The molecule has 3 aromatic rings. The average Bonchev–Trinajstić information content (AvgIpc) is 3.19. The average molecular weight is 442 g/mol. The molecule has 8 heteroatoms. The molecule has 0 saturated heterocycles. The first-order valence-electron chi connectivity index (χ1n) is 10.3. The van der Waals surface area contributed by atoms with E-state index in [1.54, 1.807) is 36.9 Å². The van der Waals surface area contributed by atoms with Gasteiger partial charge in [-0.15, -0.1) is 0 Å². The van der Waals surface area contributed by atoms with Crippen molar-refractivity contribution >= 4 is 40.9 Å². The third kappa shape index (κ3) is 6.08. The first kappa shape index (κ1) is 22.8. The van der Waals surface area contributed by atoms with Crippen LogP contribution in [0.4, 0.5) is 5.69 Å². The summed E-state index contributed by atoms with van der Waals surface area (Å²) in [7, 11) is 1.92. The van der Waals surface area contributed by atoms with E-state index in [4.69, 9.17) is 9.15 Å². The summed E-state index contributed by atoms with van der Waals surface area (Å²) in [4.78, 5) is 30.7. The lowest BCUT2D eigenvalue weighted by molar-refractivity contribution is -0.145. The molecule has 0 unspecified atom stereocenters. The number of hydrogen-bond donors (Lipinski definition) is 1. The lowest BCUT2D eigenvalue weighted by atomic mass is 10.0. The molecule has 0 spiro atoms. The molecule has 7 nitrogen and oxygen atoms in total. The number of ether oxygens (including phenoxy) is 1. The van der Waals surface area contributed by atoms with Crippen molar-refractivity contribution in [3.63, 3.8) is 0 Å². The SMILES string of the molecule is CCOC(=O)[C@H](Cc1ccccc1)N(C=O)c1ccc2oc(SCCCNC)nc2c1. The van der Waals surface area contributed by atoms with Crippen LogP contribution in [-0.2, 0) is 20.7 Å². The molecule has 3 rings (SSSR count). The van der Waals surface area contributed by atoms with Gasteiger partial charge < -0.3 is 19.4 Å². The molecule has 1 amide bonds. The lowest BCUT2D eigenvalue weighted by Crippen LogP contribution is -2.43. The second-order valence-electron chi connectivity index (χ2n) is 6.91. The zero-order valence-corrected chi connectivity index (χ0v) is 18.6. The van der Waals surface area contributed by atoms with Crippen LogP contribution >= 0.6 is 11.8 Å². The number of benzene rings is 2. The molecule has 0 saturated carbocycles. The van der Waals surface area contributed by atoms with E-state index in [1.165, 1.54) is 4.90 Å². The minimum absolute atomic E-state index is 0.243. The number of oxazole rings is 1. The van der Waals surface area contributed by atoms with Crippen LogP contribution in [0.25, 0.3) is 11.1 Å². The molecule has 1 aromatic heterocycles. The Hall–Kier alpha value is -2.84. The summed E-state index contributed by atoms with van der Waals surface area (Å²) in [5, 5.41) is 3.70. The van der Waals surface area contributed by atoms with Crippen molar-refractivity contribution in [1.82, 2.24) is 10.3 Å². The van der Waals surface area contributed by atoms with E-state index in [9.17, 15) is 9.59 Å². The summed E-state index contributed by atoms with van der Waals surface area (Å²) in [5.41, 5.74) is 2.79. The maximum atomic E-state index is 12.7. The molecule has 0 bridgehead atoms. The van der Waals surface area contributed by atoms with Gasteiger partial charge in [-0.2, -0.15) is 0 Å². The lowest BCUT2D eigenvalue weighted by Gasteiger charge is -2.26. The quantitative estimate of drug-likeness (QED) is 0.199. The Bertz CT molecular complexity index is 993. The van der Waals surface area contributed by atoms with E-state index >= 15 is 0 Å². The number of nitrogens with zero attached hydrogens (tertiary/aromatic N) is 2. The summed E-state index contributed by atoms with van der Waals surface area (Å²) in [6.07, 6.45) is 2.02. The highest BCUT2D eigenvalue weighted by Gasteiger charge is 2.28. The normalized spacial score (nSPS) is 11.9. The fraction of sp³-hybridized carbons (Fsp3) is 0.348. The number of carbonyl (C=O) groups excluding carboxylic acids is 2. The van der Waals surface area contributed by atoms with Crippen molar-refractivity contribution in [3.8, 4) is 0 Å². The Kier molecular flexibility index (Phi) is 8.49. The Labute approximate surface area is 186 Å². The molecule has 0 fully saturated rings. The van der Waals surface area contributed by atoms with Crippen molar-refractivity contribution in [3.05, 3.63) is 54.1 Å². The van der Waals surface area contributed by atoms with E-state index in [0.29, 0.717) is 34.8 Å². The standard InChI is InChI=1S/C23H27N3O4S/c1-3-29-22(28)20(14-17-8-5-4-6-9-17)26(16-27)18-10-11-21-19(15-18)25-23(30-21)31-13-7-12-24-2/h4-6,8-11,15-16,20,24H,3,7,12-14H2,1-2H3/t20-/m0/s1. The van der Waals surface area contributed by atoms with Gasteiger partial charge in [-0.05, 0) is 50.7 Å². The number of rotatable bonds is 12. The molecule has 1 atom stereocenters. The molecule has 0 aliphatic heterocycles. The number of nitrogens with one attached hydrogen (secondary N) is 1. The monoisotopic (exact) mass is 441 g/mol. The molecule has 0 aliphatic rings. The van der Waals surface area contributed by atoms with E-state index in [0.717, 1.165) is 24.3 Å². The number of hydrogen-bond acceptors (Lipinski definition) is 7. The third-order valence-electron chi connectivity index (χ3n) is 4.73. The van der Waals surface area contributed by atoms with Gasteiger partial charge in [0.25, 0.3) is 5.22 Å². The van der Waals surface area contributed by atoms with Gasteiger partial charge in [0.2, 0.25) is 6.41 Å².